The summed E-state index contributed by atoms with van der Waals surface area (Å²) < 4.78 is 14.0. The lowest BCUT2D eigenvalue weighted by Crippen LogP contribution is -2.25. The van der Waals surface area contributed by atoms with Crippen LogP contribution < -0.4 is 16.2 Å². The Labute approximate surface area is 196 Å². The highest BCUT2D eigenvalue weighted by molar-refractivity contribution is 6.07. The second-order valence-electron chi connectivity index (χ2n) is 8.26. The van der Waals surface area contributed by atoms with Crippen LogP contribution in [0.1, 0.15) is 52.5 Å². The number of carbonyl (C=O) groups is 2. The van der Waals surface area contributed by atoms with Crippen LogP contribution >= 0.6 is 0 Å². The van der Waals surface area contributed by atoms with Gasteiger partial charge in [-0.3, -0.25) is 9.59 Å². The normalized spacial score (nSPS) is 11.1. The van der Waals surface area contributed by atoms with Crippen molar-refractivity contribution in [1.29, 1.82) is 0 Å². The molecule has 9 heteroatoms. The lowest BCUT2D eigenvalue weighted by atomic mass is 10.1. The number of anilines is 2. The number of amides is 1. The highest BCUT2D eigenvalue weighted by atomic mass is 19.1. The van der Waals surface area contributed by atoms with E-state index in [1.165, 1.54) is 36.4 Å². The maximum Gasteiger partial charge on any atom is 0.335 e. The molecule has 0 saturated heterocycles. The molecule has 1 aromatic heterocycles. The van der Waals surface area contributed by atoms with Crippen molar-refractivity contribution in [3.63, 3.8) is 0 Å². The van der Waals surface area contributed by atoms with Crippen LogP contribution in [0.25, 0.3) is 10.9 Å². The first-order valence-electron chi connectivity index (χ1n) is 11.1. The molecule has 0 bridgehead atoms. The van der Waals surface area contributed by atoms with Gasteiger partial charge in [0.05, 0.1) is 16.8 Å². The smallest absolute Gasteiger partial charge is 0.335 e. The third kappa shape index (κ3) is 5.79. The molecule has 3 aromatic rings. The van der Waals surface area contributed by atoms with Gasteiger partial charge in [0.1, 0.15) is 11.4 Å². The zero-order valence-corrected chi connectivity index (χ0v) is 19.5. The fourth-order valence-electron chi connectivity index (χ4n) is 3.82. The van der Waals surface area contributed by atoms with Gasteiger partial charge in [0.15, 0.2) is 0 Å². The molecule has 1 heterocycles. The van der Waals surface area contributed by atoms with Gasteiger partial charge in [0.25, 0.3) is 11.5 Å². The van der Waals surface area contributed by atoms with E-state index in [2.05, 4.69) is 27.4 Å². The number of nitrogens with zero attached hydrogens (tertiary/aromatic N) is 1. The van der Waals surface area contributed by atoms with E-state index in [9.17, 15) is 23.9 Å². The largest absolute Gasteiger partial charge is 0.478 e. The number of halogens is 1. The van der Waals surface area contributed by atoms with E-state index in [-0.39, 0.29) is 11.1 Å². The van der Waals surface area contributed by atoms with E-state index in [0.717, 1.165) is 25.8 Å². The predicted molar refractivity (Wildman–Crippen MR) is 131 cm³/mol. The van der Waals surface area contributed by atoms with Crippen molar-refractivity contribution < 1.29 is 19.1 Å². The van der Waals surface area contributed by atoms with Crippen molar-refractivity contribution in [2.45, 2.75) is 32.7 Å². The van der Waals surface area contributed by atoms with Crippen LogP contribution in [0.3, 0.4) is 0 Å². The number of carboxylic acid groups (broad SMARTS) is 1. The number of unbranched alkanes of at least 4 members (excludes halogenated alkanes) is 2. The van der Waals surface area contributed by atoms with Crippen molar-refractivity contribution >= 4 is 34.2 Å². The molecule has 1 amide bonds. The van der Waals surface area contributed by atoms with Crippen molar-refractivity contribution in [1.82, 2.24) is 9.88 Å². The van der Waals surface area contributed by atoms with Gasteiger partial charge in [0.2, 0.25) is 0 Å². The van der Waals surface area contributed by atoms with Gasteiger partial charge in [-0.15, -0.1) is 0 Å². The molecule has 0 aliphatic heterocycles. The number of pyridine rings is 1. The number of aromatic amines is 1. The van der Waals surface area contributed by atoms with Crippen LogP contribution in [0.4, 0.5) is 15.8 Å². The number of H-pyrrole nitrogens is 1. The monoisotopic (exact) mass is 468 g/mol. The minimum absolute atomic E-state index is 0.105. The number of carboxylic acids is 1. The van der Waals surface area contributed by atoms with Gasteiger partial charge < -0.3 is 25.6 Å². The van der Waals surface area contributed by atoms with Crippen molar-refractivity contribution in [3.8, 4) is 0 Å². The number of carbonyl (C=O) groups excluding carboxylic acids is 1. The summed E-state index contributed by atoms with van der Waals surface area (Å²) in [4.78, 5) is 41.8. The van der Waals surface area contributed by atoms with Crippen LogP contribution in [0.2, 0.25) is 0 Å². The molecule has 0 aliphatic rings. The number of hydrogen-bond acceptors (Lipinski definition) is 5. The van der Waals surface area contributed by atoms with Crippen molar-refractivity contribution in [2.24, 2.45) is 0 Å². The average molecular weight is 469 g/mol. The van der Waals surface area contributed by atoms with Gasteiger partial charge in [0, 0.05) is 24.7 Å². The lowest BCUT2D eigenvalue weighted by molar-refractivity contribution is 0.0696. The Kier molecular flexibility index (Phi) is 8.01. The number of aromatic carboxylic acids is 1. The summed E-state index contributed by atoms with van der Waals surface area (Å²) in [5.74, 6) is -2.25. The molecular formula is C25H29FN4O4. The van der Waals surface area contributed by atoms with E-state index in [4.69, 9.17) is 0 Å². The molecule has 0 atom stereocenters. The van der Waals surface area contributed by atoms with Gasteiger partial charge in [-0.25, -0.2) is 9.18 Å². The highest BCUT2D eigenvalue weighted by Crippen LogP contribution is 2.24. The molecular weight excluding hydrogens is 439 g/mol. The molecule has 4 N–H and O–H groups in total. The molecule has 2 aromatic carbocycles. The molecule has 0 fully saturated rings. The number of nitrogens with one attached hydrogen (secondary N) is 3. The Morgan fingerprint density at radius 2 is 1.88 bits per heavy atom. The van der Waals surface area contributed by atoms with Crippen LogP contribution in [-0.2, 0) is 6.54 Å². The second-order valence-corrected chi connectivity index (χ2v) is 8.26. The zero-order valence-electron chi connectivity index (χ0n) is 19.5. The number of rotatable bonds is 10. The number of aromatic nitrogens is 1. The maximum atomic E-state index is 14.0. The quantitative estimate of drug-likeness (QED) is 0.330. The van der Waals surface area contributed by atoms with Crippen molar-refractivity contribution in [3.05, 3.63) is 69.3 Å². The molecule has 8 nitrogen and oxygen atoms in total. The molecule has 3 rings (SSSR count). The number of hydrogen-bond donors (Lipinski definition) is 4. The van der Waals surface area contributed by atoms with Gasteiger partial charge in [-0.2, -0.15) is 0 Å². The summed E-state index contributed by atoms with van der Waals surface area (Å²) in [5.41, 5.74) is 1.13. The Hall–Kier alpha value is -3.72. The van der Waals surface area contributed by atoms with Crippen LogP contribution in [0.5, 0.6) is 0 Å². The lowest BCUT2D eigenvalue weighted by Gasteiger charge is -2.19. The summed E-state index contributed by atoms with van der Waals surface area (Å²) in [5, 5.41) is 15.3. The summed E-state index contributed by atoms with van der Waals surface area (Å²) in [6.45, 7) is 3.36. The van der Waals surface area contributed by atoms with Gasteiger partial charge in [-0.1, -0.05) is 19.8 Å². The van der Waals surface area contributed by atoms with Gasteiger partial charge >= 0.3 is 5.97 Å². The minimum atomic E-state index is -1.07. The zero-order chi connectivity index (χ0) is 24.8. The maximum absolute atomic E-state index is 14.0. The van der Waals surface area contributed by atoms with Gasteiger partial charge in [-0.05, 0) is 62.0 Å². The Morgan fingerprint density at radius 1 is 1.12 bits per heavy atom. The standard InChI is InChI=1S/C25H29FN4O4/c1-4-5-6-9-30(3)14-17-10-15(25(33)34)7-8-20(17)28-23(31)19-12-16-11-18(26)13-21(27-2)22(16)29-24(19)32/h7-8,10-13,27H,4-6,9,14H2,1-3H3,(H,28,31)(H,29,32)(H,33,34). The molecule has 0 spiro atoms. The number of fused-ring (bicyclic) bond motifs is 1. The van der Waals surface area contributed by atoms with Crippen molar-refractivity contribution in [2.75, 3.05) is 31.3 Å². The molecule has 0 saturated carbocycles. The van der Waals surface area contributed by atoms with Crippen LogP contribution in [-0.4, -0.2) is 47.5 Å². The molecule has 180 valence electrons. The first kappa shape index (κ1) is 24.9. The average Bonchev–Trinajstić information content (AvgIpc) is 2.79. The predicted octanol–water partition coefficient (Wildman–Crippen LogP) is 4.28. The molecule has 0 aliphatic carbocycles. The summed E-state index contributed by atoms with van der Waals surface area (Å²) in [6.07, 6.45) is 3.18. The van der Waals surface area contributed by atoms with E-state index >= 15 is 0 Å². The SMILES string of the molecule is CCCCCN(C)Cc1cc(C(=O)O)ccc1NC(=O)c1cc2cc(F)cc(NC)c2[nH]c1=O. The third-order valence-corrected chi connectivity index (χ3v) is 5.61. The Balaban J connectivity index is 1.93. The fourth-order valence-corrected chi connectivity index (χ4v) is 3.82. The topological polar surface area (TPSA) is 115 Å². The first-order chi connectivity index (χ1) is 16.2. The molecule has 0 unspecified atom stereocenters. The van der Waals surface area contributed by atoms with E-state index in [1.54, 1.807) is 7.05 Å². The van der Waals surface area contributed by atoms with Crippen LogP contribution in [0.15, 0.2) is 41.2 Å². The highest BCUT2D eigenvalue weighted by Gasteiger charge is 2.17. The minimum Gasteiger partial charge on any atom is -0.478 e. The van der Waals surface area contributed by atoms with E-state index < -0.39 is 23.3 Å². The summed E-state index contributed by atoms with van der Waals surface area (Å²) in [6, 6.07) is 8.28. The first-order valence-corrected chi connectivity index (χ1v) is 11.1. The van der Waals surface area contributed by atoms with Crippen LogP contribution in [0, 0.1) is 5.82 Å². The number of benzene rings is 2. The summed E-state index contributed by atoms with van der Waals surface area (Å²) >= 11 is 0. The van der Waals surface area contributed by atoms with E-state index in [0.29, 0.717) is 34.4 Å². The third-order valence-electron chi connectivity index (χ3n) is 5.61. The van der Waals surface area contributed by atoms with E-state index in [1.807, 2.05) is 7.05 Å². The summed E-state index contributed by atoms with van der Waals surface area (Å²) in [7, 11) is 3.53. The Bertz CT molecular complexity index is 1270. The molecule has 0 radical (unpaired) electrons. The Morgan fingerprint density at radius 3 is 2.56 bits per heavy atom. The second kappa shape index (κ2) is 10.9. The fraction of sp³-hybridized carbons (Fsp3) is 0.320. The molecule has 34 heavy (non-hydrogen) atoms.